The van der Waals surface area contributed by atoms with Crippen molar-refractivity contribution in [3.63, 3.8) is 0 Å². The molecule has 0 aliphatic carbocycles. The minimum atomic E-state index is -0.388. The van der Waals surface area contributed by atoms with Crippen molar-refractivity contribution in [3.05, 3.63) is 77.6 Å². The first-order chi connectivity index (χ1) is 11.6. The molecule has 122 valence electrons. The topological polar surface area (TPSA) is 64.4 Å². The number of pyridine rings is 1. The van der Waals surface area contributed by atoms with Gasteiger partial charge in [0.25, 0.3) is 5.91 Å². The Kier molecular flexibility index (Phi) is 4.56. The van der Waals surface area contributed by atoms with Crippen molar-refractivity contribution in [3.8, 4) is 5.75 Å². The van der Waals surface area contributed by atoms with Gasteiger partial charge in [0.1, 0.15) is 29.8 Å². The Balaban J connectivity index is 1.60. The van der Waals surface area contributed by atoms with Crippen molar-refractivity contribution >= 4 is 11.7 Å². The molecule has 6 heteroatoms. The zero-order valence-corrected chi connectivity index (χ0v) is 13.0. The van der Waals surface area contributed by atoms with E-state index >= 15 is 0 Å². The number of carbonyl (C=O) groups is 1. The standard InChI is InChI=1S/C18H15FN2O3/c1-12-8-9-20-17(10-12)21-18(22)16-7-6-15(24-16)11-23-14-4-2-13(19)3-5-14/h2-10H,11H2,1H3,(H,20,21,22). The molecule has 0 atom stereocenters. The average Bonchev–Trinajstić information content (AvgIpc) is 3.03. The summed E-state index contributed by atoms with van der Waals surface area (Å²) >= 11 is 0. The number of rotatable bonds is 5. The number of aromatic nitrogens is 1. The number of anilines is 1. The number of nitrogens with zero attached hydrogens (tertiary/aromatic N) is 1. The van der Waals surface area contributed by atoms with E-state index in [4.69, 9.17) is 9.15 Å². The van der Waals surface area contributed by atoms with Gasteiger partial charge in [0.05, 0.1) is 0 Å². The Morgan fingerprint density at radius 2 is 2.00 bits per heavy atom. The zero-order valence-electron chi connectivity index (χ0n) is 13.0. The number of ether oxygens (including phenoxy) is 1. The van der Waals surface area contributed by atoms with Gasteiger partial charge in [0.2, 0.25) is 0 Å². The lowest BCUT2D eigenvalue weighted by Gasteiger charge is -2.04. The van der Waals surface area contributed by atoms with Crippen molar-refractivity contribution in [2.75, 3.05) is 5.32 Å². The number of benzene rings is 1. The van der Waals surface area contributed by atoms with E-state index < -0.39 is 0 Å². The van der Waals surface area contributed by atoms with Crippen LogP contribution in [0.4, 0.5) is 10.2 Å². The van der Waals surface area contributed by atoms with Gasteiger partial charge in [-0.25, -0.2) is 9.37 Å². The Bertz CT molecular complexity index is 843. The fraction of sp³-hybridized carbons (Fsp3) is 0.111. The highest BCUT2D eigenvalue weighted by molar-refractivity contribution is 6.01. The molecule has 3 aromatic rings. The maximum absolute atomic E-state index is 12.8. The first-order valence-electron chi connectivity index (χ1n) is 7.31. The van der Waals surface area contributed by atoms with Crippen LogP contribution in [0.2, 0.25) is 0 Å². The van der Waals surface area contributed by atoms with Crippen molar-refractivity contribution in [2.45, 2.75) is 13.5 Å². The molecule has 0 bridgehead atoms. The highest BCUT2D eigenvalue weighted by Crippen LogP contribution is 2.16. The van der Waals surface area contributed by atoms with Gasteiger partial charge >= 0.3 is 0 Å². The van der Waals surface area contributed by atoms with Crippen LogP contribution in [0.15, 0.2) is 59.1 Å². The van der Waals surface area contributed by atoms with Crippen molar-refractivity contribution in [2.24, 2.45) is 0 Å². The summed E-state index contributed by atoms with van der Waals surface area (Å²) in [5.41, 5.74) is 0.994. The fourth-order valence-electron chi connectivity index (χ4n) is 2.05. The van der Waals surface area contributed by atoms with Crippen LogP contribution in [-0.4, -0.2) is 10.9 Å². The summed E-state index contributed by atoms with van der Waals surface area (Å²) in [5, 5.41) is 2.67. The second-order valence-corrected chi connectivity index (χ2v) is 5.18. The molecule has 0 saturated carbocycles. The second kappa shape index (κ2) is 6.95. The van der Waals surface area contributed by atoms with Crippen molar-refractivity contribution in [1.29, 1.82) is 0 Å². The van der Waals surface area contributed by atoms with Crippen LogP contribution < -0.4 is 10.1 Å². The van der Waals surface area contributed by atoms with E-state index in [-0.39, 0.29) is 24.1 Å². The second-order valence-electron chi connectivity index (χ2n) is 5.18. The van der Waals surface area contributed by atoms with Crippen LogP contribution in [0.25, 0.3) is 0 Å². The lowest BCUT2D eigenvalue weighted by atomic mass is 10.3. The third-order valence-electron chi connectivity index (χ3n) is 3.24. The minimum absolute atomic E-state index is 0.140. The molecular formula is C18H15FN2O3. The number of hydrogen-bond donors (Lipinski definition) is 1. The molecule has 5 nitrogen and oxygen atoms in total. The molecule has 0 fully saturated rings. The zero-order chi connectivity index (χ0) is 16.9. The van der Waals surface area contributed by atoms with Gasteiger partial charge in [0.15, 0.2) is 5.76 Å². The highest BCUT2D eigenvalue weighted by atomic mass is 19.1. The third-order valence-corrected chi connectivity index (χ3v) is 3.24. The van der Waals surface area contributed by atoms with Gasteiger partial charge < -0.3 is 14.5 Å². The predicted molar refractivity (Wildman–Crippen MR) is 86.4 cm³/mol. The molecule has 1 N–H and O–H groups in total. The van der Waals surface area contributed by atoms with E-state index in [0.29, 0.717) is 17.3 Å². The van der Waals surface area contributed by atoms with Gasteiger partial charge in [-0.1, -0.05) is 0 Å². The number of carbonyl (C=O) groups excluding carboxylic acids is 1. The third kappa shape index (κ3) is 3.98. The Morgan fingerprint density at radius 3 is 2.75 bits per heavy atom. The summed E-state index contributed by atoms with van der Waals surface area (Å²) in [5.74, 6) is 0.908. The molecule has 2 heterocycles. The summed E-state index contributed by atoms with van der Waals surface area (Å²) in [6.07, 6.45) is 1.62. The molecule has 24 heavy (non-hydrogen) atoms. The smallest absolute Gasteiger partial charge is 0.292 e. The minimum Gasteiger partial charge on any atom is -0.486 e. The first-order valence-corrected chi connectivity index (χ1v) is 7.31. The molecule has 3 rings (SSSR count). The van der Waals surface area contributed by atoms with E-state index in [1.54, 1.807) is 24.4 Å². The van der Waals surface area contributed by atoms with Gasteiger partial charge in [0, 0.05) is 6.20 Å². The summed E-state index contributed by atoms with van der Waals surface area (Å²) in [6, 6.07) is 12.5. The number of halogens is 1. The Morgan fingerprint density at radius 1 is 1.21 bits per heavy atom. The van der Waals surface area contributed by atoms with Gasteiger partial charge in [-0.3, -0.25) is 4.79 Å². The molecule has 0 aliphatic rings. The molecule has 1 aromatic carbocycles. The van der Waals surface area contributed by atoms with Crippen LogP contribution in [-0.2, 0) is 6.61 Å². The van der Waals surface area contributed by atoms with E-state index in [1.165, 1.54) is 24.3 Å². The Hall–Kier alpha value is -3.15. The normalized spacial score (nSPS) is 10.4. The van der Waals surface area contributed by atoms with Crippen LogP contribution in [0.3, 0.4) is 0 Å². The van der Waals surface area contributed by atoms with E-state index in [1.807, 2.05) is 13.0 Å². The summed E-state index contributed by atoms with van der Waals surface area (Å²) in [6.45, 7) is 2.05. The lowest BCUT2D eigenvalue weighted by Crippen LogP contribution is -2.12. The number of hydrogen-bond acceptors (Lipinski definition) is 4. The first kappa shape index (κ1) is 15.7. The molecule has 0 saturated heterocycles. The van der Waals surface area contributed by atoms with Gasteiger partial charge in [-0.2, -0.15) is 0 Å². The number of amides is 1. The predicted octanol–water partition coefficient (Wildman–Crippen LogP) is 3.95. The molecule has 0 radical (unpaired) electrons. The maximum atomic E-state index is 12.8. The van der Waals surface area contributed by atoms with Gasteiger partial charge in [-0.05, 0) is 61.0 Å². The van der Waals surface area contributed by atoms with Crippen molar-refractivity contribution in [1.82, 2.24) is 4.98 Å². The monoisotopic (exact) mass is 326 g/mol. The average molecular weight is 326 g/mol. The summed E-state index contributed by atoms with van der Waals surface area (Å²) < 4.78 is 23.7. The van der Waals surface area contributed by atoms with Crippen LogP contribution in [0, 0.1) is 12.7 Å². The van der Waals surface area contributed by atoms with Crippen LogP contribution in [0.1, 0.15) is 21.9 Å². The fourth-order valence-corrected chi connectivity index (χ4v) is 2.05. The van der Waals surface area contributed by atoms with Gasteiger partial charge in [-0.15, -0.1) is 0 Å². The number of furan rings is 1. The van der Waals surface area contributed by atoms with E-state index in [0.717, 1.165) is 5.56 Å². The van der Waals surface area contributed by atoms with Crippen molar-refractivity contribution < 1.29 is 18.3 Å². The highest BCUT2D eigenvalue weighted by Gasteiger charge is 2.12. The largest absolute Gasteiger partial charge is 0.486 e. The summed E-state index contributed by atoms with van der Waals surface area (Å²) in [7, 11) is 0. The molecule has 2 aromatic heterocycles. The van der Waals surface area contributed by atoms with E-state index in [9.17, 15) is 9.18 Å². The number of nitrogens with one attached hydrogen (secondary N) is 1. The molecule has 1 amide bonds. The SMILES string of the molecule is Cc1ccnc(NC(=O)c2ccc(COc3ccc(F)cc3)o2)c1. The number of aryl methyl sites for hydroxylation is 1. The lowest BCUT2D eigenvalue weighted by molar-refractivity contribution is 0.0992. The van der Waals surface area contributed by atoms with Crippen LogP contribution >= 0.6 is 0 Å². The maximum Gasteiger partial charge on any atom is 0.292 e. The molecular weight excluding hydrogens is 311 g/mol. The quantitative estimate of drug-likeness (QED) is 0.771. The molecule has 0 spiro atoms. The summed E-state index contributed by atoms with van der Waals surface area (Å²) in [4.78, 5) is 16.2. The molecule has 0 unspecified atom stereocenters. The Labute approximate surface area is 138 Å². The van der Waals surface area contributed by atoms with Crippen LogP contribution in [0.5, 0.6) is 5.75 Å². The molecule has 0 aliphatic heterocycles. The van der Waals surface area contributed by atoms with E-state index in [2.05, 4.69) is 10.3 Å².